The van der Waals surface area contributed by atoms with E-state index in [1.807, 2.05) is 18.2 Å². The second kappa shape index (κ2) is 6.72. The van der Waals surface area contributed by atoms with Crippen molar-refractivity contribution in [1.29, 1.82) is 0 Å². The van der Waals surface area contributed by atoms with E-state index < -0.39 is 0 Å². The van der Waals surface area contributed by atoms with Crippen molar-refractivity contribution in [3.8, 4) is 0 Å². The van der Waals surface area contributed by atoms with Crippen molar-refractivity contribution >= 4 is 10.8 Å². The van der Waals surface area contributed by atoms with Gasteiger partial charge in [-0.15, -0.1) is 0 Å². The molecule has 0 fully saturated rings. The van der Waals surface area contributed by atoms with Gasteiger partial charge < -0.3 is 5.11 Å². The molecule has 0 heterocycles. The van der Waals surface area contributed by atoms with E-state index in [1.54, 1.807) is 0 Å². The maximum atomic E-state index is 10.6. The van der Waals surface area contributed by atoms with Crippen LogP contribution in [0.5, 0.6) is 0 Å². The summed E-state index contributed by atoms with van der Waals surface area (Å²) >= 11 is 0. The highest BCUT2D eigenvalue weighted by Crippen LogP contribution is 2.31. The number of benzene rings is 2. The lowest BCUT2D eigenvalue weighted by Crippen LogP contribution is -2.09. The Morgan fingerprint density at radius 2 is 1.74 bits per heavy atom. The van der Waals surface area contributed by atoms with E-state index in [4.69, 9.17) is 0 Å². The fraction of sp³-hybridized carbons (Fsp3) is 0.444. The Balaban J connectivity index is 2.18. The summed E-state index contributed by atoms with van der Waals surface area (Å²) in [6.07, 6.45) is 4.43. The topological polar surface area (TPSA) is 20.2 Å². The minimum Gasteiger partial charge on any atom is -0.388 e. The summed E-state index contributed by atoms with van der Waals surface area (Å²) in [5.74, 6) is 0.317. The van der Waals surface area contributed by atoms with Crippen LogP contribution in [0, 0.1) is 5.92 Å². The fourth-order valence-electron chi connectivity index (χ4n) is 2.69. The number of rotatable bonds is 6. The smallest absolute Gasteiger partial charge is 0.0821 e. The van der Waals surface area contributed by atoms with E-state index in [0.717, 1.165) is 12.0 Å². The first-order chi connectivity index (χ1) is 9.24. The Bertz CT molecular complexity index is 513. The molecule has 2 atom stereocenters. The monoisotopic (exact) mass is 256 g/mol. The molecule has 1 nitrogen and oxygen atoms in total. The fourth-order valence-corrected chi connectivity index (χ4v) is 2.69. The van der Waals surface area contributed by atoms with Gasteiger partial charge in [-0.3, -0.25) is 0 Å². The van der Waals surface area contributed by atoms with Crippen LogP contribution in [0.1, 0.15) is 51.2 Å². The van der Waals surface area contributed by atoms with Crippen molar-refractivity contribution in [2.75, 3.05) is 0 Å². The quantitative estimate of drug-likeness (QED) is 0.714. The van der Waals surface area contributed by atoms with Gasteiger partial charge in [-0.2, -0.15) is 0 Å². The van der Waals surface area contributed by atoms with Crippen molar-refractivity contribution < 1.29 is 5.11 Å². The molecule has 0 bridgehead atoms. The molecule has 0 aliphatic carbocycles. The summed E-state index contributed by atoms with van der Waals surface area (Å²) in [7, 11) is 0. The second-order valence-electron chi connectivity index (χ2n) is 5.49. The van der Waals surface area contributed by atoms with Gasteiger partial charge in [0.15, 0.2) is 0 Å². The first-order valence-electron chi connectivity index (χ1n) is 7.39. The standard InChI is InChI=1S/C18H24O/c1-3-4-5-9-14(2)18(19)17-13-8-11-15-10-6-7-12-16(15)17/h6-8,10-14,18-19H,3-5,9H2,1-2H3/t14-,18+/m1/s1. The van der Waals surface area contributed by atoms with Gasteiger partial charge in [0.25, 0.3) is 0 Å². The van der Waals surface area contributed by atoms with Crippen molar-refractivity contribution in [1.82, 2.24) is 0 Å². The lowest BCUT2D eigenvalue weighted by Gasteiger charge is -2.20. The van der Waals surface area contributed by atoms with Crippen LogP contribution < -0.4 is 0 Å². The number of aliphatic hydroxyl groups is 1. The van der Waals surface area contributed by atoms with E-state index in [0.29, 0.717) is 5.92 Å². The van der Waals surface area contributed by atoms with Crippen LogP contribution in [0.15, 0.2) is 42.5 Å². The maximum absolute atomic E-state index is 10.6. The zero-order chi connectivity index (χ0) is 13.7. The molecule has 0 unspecified atom stereocenters. The highest BCUT2D eigenvalue weighted by Gasteiger charge is 2.17. The van der Waals surface area contributed by atoms with Crippen molar-refractivity contribution in [3.05, 3.63) is 48.0 Å². The maximum Gasteiger partial charge on any atom is 0.0821 e. The van der Waals surface area contributed by atoms with Crippen LogP contribution in [0.25, 0.3) is 10.8 Å². The normalized spacial score (nSPS) is 14.5. The molecule has 19 heavy (non-hydrogen) atoms. The first-order valence-corrected chi connectivity index (χ1v) is 7.39. The molecule has 0 amide bonds. The molecule has 2 aromatic carbocycles. The largest absolute Gasteiger partial charge is 0.388 e. The molecule has 0 aromatic heterocycles. The van der Waals surface area contributed by atoms with Crippen molar-refractivity contribution in [2.24, 2.45) is 5.92 Å². The first kappa shape index (κ1) is 14.1. The third kappa shape index (κ3) is 3.36. The highest BCUT2D eigenvalue weighted by atomic mass is 16.3. The minimum atomic E-state index is -0.358. The van der Waals surface area contributed by atoms with Gasteiger partial charge in [-0.1, -0.05) is 75.6 Å². The summed E-state index contributed by atoms with van der Waals surface area (Å²) in [5, 5.41) is 13.0. The number of hydrogen-bond acceptors (Lipinski definition) is 1. The molecule has 2 aromatic rings. The molecule has 0 aliphatic rings. The number of unbranched alkanes of at least 4 members (excludes halogenated alkanes) is 2. The molecule has 1 heteroatoms. The van der Waals surface area contributed by atoms with E-state index >= 15 is 0 Å². The number of aliphatic hydroxyl groups excluding tert-OH is 1. The molecule has 1 N–H and O–H groups in total. The Hall–Kier alpha value is -1.34. The third-order valence-electron chi connectivity index (χ3n) is 3.94. The third-order valence-corrected chi connectivity index (χ3v) is 3.94. The summed E-state index contributed by atoms with van der Waals surface area (Å²) in [4.78, 5) is 0. The van der Waals surface area contributed by atoms with E-state index in [2.05, 4.69) is 38.1 Å². The summed E-state index contributed by atoms with van der Waals surface area (Å²) in [6, 6.07) is 14.5. The Morgan fingerprint density at radius 3 is 2.53 bits per heavy atom. The highest BCUT2D eigenvalue weighted by molar-refractivity contribution is 5.85. The molecular weight excluding hydrogens is 232 g/mol. The lowest BCUT2D eigenvalue weighted by atomic mass is 9.90. The zero-order valence-electron chi connectivity index (χ0n) is 12.0. The molecular formula is C18H24O. The SMILES string of the molecule is CCCCC[C@@H](C)[C@H](O)c1cccc2ccccc12. The Kier molecular flexibility index (Phi) is 4.98. The van der Waals surface area contributed by atoms with Crippen LogP contribution in [0.3, 0.4) is 0 Å². The van der Waals surface area contributed by atoms with Gasteiger partial charge in [0, 0.05) is 0 Å². The minimum absolute atomic E-state index is 0.317. The number of hydrogen-bond donors (Lipinski definition) is 1. The van der Waals surface area contributed by atoms with Crippen LogP contribution in [-0.4, -0.2) is 5.11 Å². The predicted octanol–water partition coefficient (Wildman–Crippen LogP) is 5.09. The Morgan fingerprint density at radius 1 is 1.00 bits per heavy atom. The Labute approximate surface area is 116 Å². The van der Waals surface area contributed by atoms with Gasteiger partial charge in [-0.05, 0) is 28.7 Å². The van der Waals surface area contributed by atoms with Gasteiger partial charge >= 0.3 is 0 Å². The zero-order valence-corrected chi connectivity index (χ0v) is 12.0. The van der Waals surface area contributed by atoms with Gasteiger partial charge in [-0.25, -0.2) is 0 Å². The van der Waals surface area contributed by atoms with Crippen LogP contribution in [0.4, 0.5) is 0 Å². The van der Waals surface area contributed by atoms with Gasteiger partial charge in [0.05, 0.1) is 6.10 Å². The average molecular weight is 256 g/mol. The average Bonchev–Trinajstić information content (AvgIpc) is 2.46. The summed E-state index contributed by atoms with van der Waals surface area (Å²) in [5.41, 5.74) is 1.07. The molecule has 0 radical (unpaired) electrons. The lowest BCUT2D eigenvalue weighted by molar-refractivity contribution is 0.112. The second-order valence-corrected chi connectivity index (χ2v) is 5.49. The van der Waals surface area contributed by atoms with Gasteiger partial charge in [0.1, 0.15) is 0 Å². The van der Waals surface area contributed by atoms with Crippen LogP contribution >= 0.6 is 0 Å². The molecule has 0 aliphatic heterocycles. The van der Waals surface area contributed by atoms with Crippen molar-refractivity contribution in [3.63, 3.8) is 0 Å². The predicted molar refractivity (Wildman–Crippen MR) is 82.2 cm³/mol. The molecule has 102 valence electrons. The van der Waals surface area contributed by atoms with E-state index in [1.165, 1.54) is 30.0 Å². The van der Waals surface area contributed by atoms with E-state index in [-0.39, 0.29) is 6.10 Å². The molecule has 0 spiro atoms. The molecule has 0 saturated heterocycles. The van der Waals surface area contributed by atoms with E-state index in [9.17, 15) is 5.11 Å². The summed E-state index contributed by atoms with van der Waals surface area (Å²) in [6.45, 7) is 4.37. The van der Waals surface area contributed by atoms with Crippen LogP contribution in [0.2, 0.25) is 0 Å². The number of fused-ring (bicyclic) bond motifs is 1. The molecule has 2 rings (SSSR count). The van der Waals surface area contributed by atoms with Crippen molar-refractivity contribution in [2.45, 2.75) is 45.6 Å². The van der Waals surface area contributed by atoms with Crippen LogP contribution in [-0.2, 0) is 0 Å². The van der Waals surface area contributed by atoms with Gasteiger partial charge in [0.2, 0.25) is 0 Å². The summed E-state index contributed by atoms with van der Waals surface area (Å²) < 4.78 is 0. The molecule has 0 saturated carbocycles.